The quantitative estimate of drug-likeness (QED) is 0.322. The third-order valence-electron chi connectivity index (χ3n) is 0. The van der Waals surface area contributed by atoms with Gasteiger partial charge in [-0.25, -0.2) is 0 Å². The van der Waals surface area contributed by atoms with E-state index in [1.54, 1.807) is 0 Å². The molecule has 0 aromatic carbocycles. The van der Waals surface area contributed by atoms with Crippen LogP contribution in [0.4, 0.5) is 0 Å². The van der Waals surface area contributed by atoms with Gasteiger partial charge in [-0.1, -0.05) is 0 Å². The Hall–Kier alpha value is 1.25. The number of phosphoric acid groups is 1. The summed E-state index contributed by atoms with van der Waals surface area (Å²) < 4.78 is 8.55. The molecule has 7 heavy (non-hydrogen) atoms. The van der Waals surface area contributed by atoms with Gasteiger partial charge in [0.1, 0.15) is 0 Å². The van der Waals surface area contributed by atoms with E-state index < -0.39 is 7.82 Å². The van der Waals surface area contributed by atoms with Crippen LogP contribution in [-0.4, -0.2) is 0 Å². The summed E-state index contributed by atoms with van der Waals surface area (Å²) >= 11 is 0. The summed E-state index contributed by atoms with van der Waals surface area (Å²) in [6, 6.07) is 0. The first kappa shape index (κ1) is 15.7. The van der Waals surface area contributed by atoms with E-state index in [0.29, 0.717) is 0 Å². The topological polar surface area (TPSA) is 86.2 Å². The van der Waals surface area contributed by atoms with E-state index >= 15 is 0 Å². The predicted octanol–water partition coefficient (Wildman–Crippen LogP) is -2.83. The monoisotopic (exact) mass is 215 g/mol. The first-order chi connectivity index (χ1) is 2.00. The van der Waals surface area contributed by atoms with E-state index in [1.807, 2.05) is 0 Å². The van der Waals surface area contributed by atoms with Crippen molar-refractivity contribution in [3.8, 4) is 0 Å². The Morgan fingerprint density at radius 3 is 1.14 bits per heavy atom. The summed E-state index contributed by atoms with van der Waals surface area (Å²) in [5.74, 6) is 0. The molecule has 0 saturated heterocycles. The fourth-order valence-corrected chi connectivity index (χ4v) is 0. The number of hydrogen-bond donors (Lipinski definition) is 0. The molecule has 39 valence electrons. The number of hydrogen-bond acceptors (Lipinski definition) is 4. The second kappa shape index (κ2) is 5.39. The zero-order chi connectivity index (χ0) is 4.50. The Balaban J connectivity index is -0.0000000800. The first-order valence-corrected chi connectivity index (χ1v) is 2.19. The molecule has 0 atom stereocenters. The zero-order valence-corrected chi connectivity index (χ0v) is 8.11. The van der Waals surface area contributed by atoms with E-state index in [9.17, 15) is 0 Å². The van der Waals surface area contributed by atoms with Crippen molar-refractivity contribution >= 4 is 7.82 Å². The maximum Gasteiger partial charge on any atom is 3.00 e. The molecule has 7 heteroatoms. The minimum absolute atomic E-state index is 0. The Labute approximate surface area is 63.8 Å². The van der Waals surface area contributed by atoms with E-state index in [0.717, 1.165) is 0 Å². The van der Waals surface area contributed by atoms with Crippen LogP contribution in [0.1, 0.15) is 0 Å². The second-order valence-corrected chi connectivity index (χ2v) is 1.34. The third-order valence-corrected chi connectivity index (χ3v) is 0. The standard InChI is InChI=1S/Fe.H3O4P.Zn/c;1-5(2,3)4;/h;(H3,1,2,3,4);/q+3;;/p-3. The first-order valence-electron chi connectivity index (χ1n) is 0.730. The Kier molecular flexibility index (Phi) is 12.1. The molecule has 0 aliphatic heterocycles. The summed E-state index contributed by atoms with van der Waals surface area (Å²) in [5, 5.41) is 0. The average Bonchev–Trinajstić information content (AvgIpc) is 0.722. The minimum Gasteiger partial charge on any atom is -0.822 e. The zero-order valence-electron chi connectivity index (χ0n) is 3.14. The van der Waals surface area contributed by atoms with Gasteiger partial charge in [0, 0.05) is 19.5 Å². The van der Waals surface area contributed by atoms with Crippen LogP contribution < -0.4 is 14.7 Å². The minimum atomic E-state index is -5.39. The molecule has 1 radical (unpaired) electrons. The molecule has 0 aliphatic rings. The van der Waals surface area contributed by atoms with Gasteiger partial charge in [0.2, 0.25) is 0 Å². The number of rotatable bonds is 0. The van der Waals surface area contributed by atoms with E-state index in [1.165, 1.54) is 0 Å². The van der Waals surface area contributed by atoms with Crippen LogP contribution in [0, 0.1) is 0 Å². The smallest absolute Gasteiger partial charge is 0.822 e. The van der Waals surface area contributed by atoms with Gasteiger partial charge in [-0.05, 0) is 0 Å². The van der Waals surface area contributed by atoms with Crippen LogP contribution in [0.25, 0.3) is 0 Å². The van der Waals surface area contributed by atoms with Gasteiger partial charge >= 0.3 is 17.1 Å². The molecule has 0 aromatic rings. The molecule has 0 N–H and O–H groups in total. The van der Waals surface area contributed by atoms with Gasteiger partial charge in [-0.2, -0.15) is 7.82 Å². The fourth-order valence-electron chi connectivity index (χ4n) is 0. The summed E-state index contributed by atoms with van der Waals surface area (Å²) in [5.41, 5.74) is 0. The van der Waals surface area contributed by atoms with Crippen LogP contribution in [0.2, 0.25) is 0 Å². The molecule has 0 amide bonds. The van der Waals surface area contributed by atoms with Crippen LogP contribution in [0.5, 0.6) is 0 Å². The predicted molar refractivity (Wildman–Crippen MR) is 7.61 cm³/mol. The summed E-state index contributed by atoms with van der Waals surface area (Å²) in [4.78, 5) is 25.6. The van der Waals surface area contributed by atoms with Crippen molar-refractivity contribution in [3.05, 3.63) is 0 Å². The summed E-state index contributed by atoms with van der Waals surface area (Å²) in [6.45, 7) is 0. The molecule has 0 bridgehead atoms. The summed E-state index contributed by atoms with van der Waals surface area (Å²) in [6.07, 6.45) is 0. The van der Waals surface area contributed by atoms with Gasteiger partial charge in [0.15, 0.2) is 0 Å². The van der Waals surface area contributed by atoms with Gasteiger partial charge in [0.25, 0.3) is 0 Å². The van der Waals surface area contributed by atoms with E-state index in [4.69, 9.17) is 19.2 Å². The molecule has 0 heterocycles. The van der Waals surface area contributed by atoms with Crippen LogP contribution in [0.3, 0.4) is 0 Å². The molecule has 0 aromatic heterocycles. The van der Waals surface area contributed by atoms with Crippen molar-refractivity contribution < 1.29 is 55.8 Å². The van der Waals surface area contributed by atoms with Crippen molar-refractivity contribution in [2.45, 2.75) is 0 Å². The normalized spacial score (nSPS) is 8.43. The molecule has 0 rings (SSSR count). The van der Waals surface area contributed by atoms with Crippen molar-refractivity contribution in [2.75, 3.05) is 0 Å². The van der Waals surface area contributed by atoms with E-state index in [-0.39, 0.29) is 36.5 Å². The SMILES string of the molecule is O=P([O-])([O-])[O-].[Fe+3].[Zn]. The molecule has 0 unspecified atom stereocenters. The summed E-state index contributed by atoms with van der Waals surface area (Å²) in [7, 11) is -5.39. The van der Waals surface area contributed by atoms with Crippen LogP contribution >= 0.6 is 7.82 Å². The van der Waals surface area contributed by atoms with Gasteiger partial charge in [0.05, 0.1) is 0 Å². The Bertz CT molecular complexity index is 57.8. The Morgan fingerprint density at radius 1 is 1.14 bits per heavy atom. The molecule has 0 fully saturated rings. The Morgan fingerprint density at radius 2 is 1.14 bits per heavy atom. The van der Waals surface area contributed by atoms with Gasteiger partial charge in [-0.3, -0.25) is 0 Å². The van der Waals surface area contributed by atoms with E-state index in [2.05, 4.69) is 0 Å². The maximum atomic E-state index is 8.55. The molecule has 4 nitrogen and oxygen atoms in total. The maximum absolute atomic E-state index is 8.55. The molecule has 0 spiro atoms. The molecule has 0 saturated carbocycles. The largest absolute Gasteiger partial charge is 3.00 e. The van der Waals surface area contributed by atoms with Crippen molar-refractivity contribution in [1.29, 1.82) is 0 Å². The van der Waals surface area contributed by atoms with Crippen molar-refractivity contribution in [2.24, 2.45) is 0 Å². The second-order valence-electron chi connectivity index (χ2n) is 0.447. The third kappa shape index (κ3) is 127. The van der Waals surface area contributed by atoms with Crippen molar-refractivity contribution in [1.82, 2.24) is 0 Å². The molecular weight excluding hydrogens is 216 g/mol. The van der Waals surface area contributed by atoms with Gasteiger partial charge < -0.3 is 19.2 Å². The molecule has 0 aliphatic carbocycles. The average molecular weight is 216 g/mol. The van der Waals surface area contributed by atoms with Gasteiger partial charge in [-0.15, -0.1) is 0 Å². The fraction of sp³-hybridized carbons (Fsp3) is 0. The van der Waals surface area contributed by atoms with Crippen LogP contribution in [-0.2, 0) is 41.1 Å². The molecular formula is FeO4PZn. The van der Waals surface area contributed by atoms with Crippen molar-refractivity contribution in [3.63, 3.8) is 0 Å². The van der Waals surface area contributed by atoms with Crippen LogP contribution in [0.15, 0.2) is 0 Å².